The largest absolute Gasteiger partial charge is 0.0885 e. The third kappa shape index (κ3) is 13.2. The van der Waals surface area contributed by atoms with Crippen molar-refractivity contribution in [3.8, 4) is 0 Å². The van der Waals surface area contributed by atoms with Gasteiger partial charge in [-0.1, -0.05) is 63.1 Å². The van der Waals surface area contributed by atoms with E-state index in [1.165, 1.54) is 51.4 Å². The Hall–Kier alpha value is -0.780. The highest BCUT2D eigenvalue weighted by Gasteiger charge is 1.87. The second kappa shape index (κ2) is 14.2. The van der Waals surface area contributed by atoms with Crippen molar-refractivity contribution >= 4 is 0 Å². The molecule has 0 heteroatoms. The summed E-state index contributed by atoms with van der Waals surface area (Å²) >= 11 is 0. The van der Waals surface area contributed by atoms with Crippen LogP contribution in [0.4, 0.5) is 0 Å². The summed E-state index contributed by atoms with van der Waals surface area (Å²) in [4.78, 5) is 0. The maximum Gasteiger partial charge on any atom is -0.0166 e. The van der Waals surface area contributed by atoms with Gasteiger partial charge in [0.05, 0.1) is 0 Å². The van der Waals surface area contributed by atoms with Gasteiger partial charge in [-0.3, -0.25) is 0 Å². The van der Waals surface area contributed by atoms with E-state index in [4.69, 9.17) is 6.58 Å². The fraction of sp³-hybridized carbons (Fsp3) is 0.625. The van der Waals surface area contributed by atoms with E-state index >= 15 is 0 Å². The van der Waals surface area contributed by atoms with Gasteiger partial charge in [-0.2, -0.15) is 0 Å². The fourth-order valence-electron chi connectivity index (χ4n) is 1.57. The Kier molecular flexibility index (Phi) is 13.5. The smallest absolute Gasteiger partial charge is 0.0166 e. The van der Waals surface area contributed by atoms with Gasteiger partial charge in [-0.15, -0.1) is 0 Å². The molecule has 0 aliphatic carbocycles. The van der Waals surface area contributed by atoms with E-state index in [1.807, 2.05) is 0 Å². The van der Waals surface area contributed by atoms with Crippen LogP contribution >= 0.6 is 0 Å². The van der Waals surface area contributed by atoms with E-state index in [2.05, 4.69) is 31.2 Å². The summed E-state index contributed by atoms with van der Waals surface area (Å²) in [7, 11) is 0. The molecule has 0 spiro atoms. The molecular formula is C16H27. The minimum atomic E-state index is 0.905. The van der Waals surface area contributed by atoms with Gasteiger partial charge >= 0.3 is 0 Å². The summed E-state index contributed by atoms with van der Waals surface area (Å²) in [5.74, 6) is 0. The minimum absolute atomic E-state index is 0.905. The van der Waals surface area contributed by atoms with Gasteiger partial charge in [-0.05, 0) is 38.5 Å². The maximum absolute atomic E-state index is 5.28. The topological polar surface area (TPSA) is 0 Å². The van der Waals surface area contributed by atoms with E-state index in [-0.39, 0.29) is 0 Å². The molecule has 0 saturated heterocycles. The minimum Gasteiger partial charge on any atom is -0.0885 e. The van der Waals surface area contributed by atoms with Gasteiger partial charge in [-0.25, -0.2) is 0 Å². The van der Waals surface area contributed by atoms with Crippen LogP contribution in [0.5, 0.6) is 0 Å². The SMILES string of the molecule is [CH]=CCC=CCCCCCCC=CCCC. The predicted octanol–water partition coefficient (Wildman–Crippen LogP) is 5.62. The quantitative estimate of drug-likeness (QED) is 0.312. The van der Waals surface area contributed by atoms with Crippen molar-refractivity contribution in [2.75, 3.05) is 0 Å². The van der Waals surface area contributed by atoms with Gasteiger partial charge in [0.15, 0.2) is 0 Å². The number of rotatable bonds is 11. The van der Waals surface area contributed by atoms with Crippen LogP contribution in [0.2, 0.25) is 0 Å². The molecule has 0 aromatic carbocycles. The van der Waals surface area contributed by atoms with E-state index in [0.717, 1.165) is 6.42 Å². The molecule has 0 nitrogen and oxygen atoms in total. The standard InChI is InChI=1S/C16H27/c1-3-5-7-9-11-13-15-16-14-12-10-8-6-4-2/h1,3,7-10H,4-6,11-16H2,2H3. The summed E-state index contributed by atoms with van der Waals surface area (Å²) in [6.45, 7) is 7.50. The Balaban J connectivity index is 3.06. The van der Waals surface area contributed by atoms with Gasteiger partial charge in [0, 0.05) is 0 Å². The van der Waals surface area contributed by atoms with Crippen LogP contribution < -0.4 is 0 Å². The van der Waals surface area contributed by atoms with Crippen LogP contribution in [0.25, 0.3) is 0 Å². The molecule has 0 heterocycles. The molecule has 0 bridgehead atoms. The van der Waals surface area contributed by atoms with Crippen molar-refractivity contribution in [1.29, 1.82) is 0 Å². The lowest BCUT2D eigenvalue weighted by Crippen LogP contribution is -1.77. The van der Waals surface area contributed by atoms with Crippen molar-refractivity contribution < 1.29 is 0 Å². The van der Waals surface area contributed by atoms with E-state index in [0.29, 0.717) is 0 Å². The first-order valence-electron chi connectivity index (χ1n) is 6.75. The average Bonchev–Trinajstić information content (AvgIpc) is 2.31. The van der Waals surface area contributed by atoms with Crippen molar-refractivity contribution in [3.05, 3.63) is 37.0 Å². The highest BCUT2D eigenvalue weighted by atomic mass is 13.9. The molecule has 0 amide bonds. The number of unbranched alkanes of at least 4 members (excludes halogenated alkanes) is 6. The maximum atomic E-state index is 5.28. The lowest BCUT2D eigenvalue weighted by Gasteiger charge is -1.96. The Bertz CT molecular complexity index is 186. The fourth-order valence-corrected chi connectivity index (χ4v) is 1.57. The Morgan fingerprint density at radius 2 is 1.31 bits per heavy atom. The molecule has 0 aromatic heterocycles. The predicted molar refractivity (Wildman–Crippen MR) is 74.4 cm³/mol. The Labute approximate surface area is 102 Å². The summed E-state index contributed by atoms with van der Waals surface area (Å²) in [5.41, 5.74) is 0. The van der Waals surface area contributed by atoms with Crippen molar-refractivity contribution in [2.24, 2.45) is 0 Å². The summed E-state index contributed by atoms with van der Waals surface area (Å²) < 4.78 is 0. The number of allylic oxidation sites excluding steroid dienone is 5. The lowest BCUT2D eigenvalue weighted by molar-refractivity contribution is 0.651. The Morgan fingerprint density at radius 3 is 1.88 bits per heavy atom. The first kappa shape index (κ1) is 15.2. The molecule has 0 aromatic rings. The van der Waals surface area contributed by atoms with Crippen LogP contribution in [0.3, 0.4) is 0 Å². The first-order valence-corrected chi connectivity index (χ1v) is 6.75. The van der Waals surface area contributed by atoms with Gasteiger partial charge < -0.3 is 0 Å². The third-order valence-electron chi connectivity index (χ3n) is 2.55. The van der Waals surface area contributed by atoms with Crippen LogP contribution in [-0.2, 0) is 0 Å². The zero-order chi connectivity index (χ0) is 11.9. The van der Waals surface area contributed by atoms with Crippen LogP contribution in [0, 0.1) is 6.58 Å². The molecule has 0 aliphatic heterocycles. The van der Waals surface area contributed by atoms with Gasteiger partial charge in [0.1, 0.15) is 0 Å². The molecule has 1 radical (unpaired) electrons. The molecule has 0 aliphatic rings. The molecule has 0 saturated carbocycles. The monoisotopic (exact) mass is 219 g/mol. The molecule has 91 valence electrons. The molecule has 0 atom stereocenters. The molecule has 0 rings (SSSR count). The van der Waals surface area contributed by atoms with Crippen molar-refractivity contribution in [3.63, 3.8) is 0 Å². The zero-order valence-electron chi connectivity index (χ0n) is 10.8. The normalized spacial score (nSPS) is 11.6. The highest BCUT2D eigenvalue weighted by Crippen LogP contribution is 2.07. The van der Waals surface area contributed by atoms with E-state index in [9.17, 15) is 0 Å². The van der Waals surface area contributed by atoms with E-state index < -0.39 is 0 Å². The first-order chi connectivity index (χ1) is 7.91. The van der Waals surface area contributed by atoms with Crippen molar-refractivity contribution in [2.45, 2.75) is 64.7 Å². The number of hydrogen-bond acceptors (Lipinski definition) is 0. The summed E-state index contributed by atoms with van der Waals surface area (Å²) in [6.07, 6.45) is 22.0. The second-order valence-electron chi connectivity index (χ2n) is 4.19. The van der Waals surface area contributed by atoms with Gasteiger partial charge in [0.25, 0.3) is 0 Å². The molecule has 0 fully saturated rings. The molecular weight excluding hydrogens is 192 g/mol. The molecule has 16 heavy (non-hydrogen) atoms. The van der Waals surface area contributed by atoms with Crippen LogP contribution in [0.15, 0.2) is 30.4 Å². The van der Waals surface area contributed by atoms with Crippen LogP contribution in [0.1, 0.15) is 64.7 Å². The molecule has 0 N–H and O–H groups in total. The Morgan fingerprint density at radius 1 is 0.750 bits per heavy atom. The lowest BCUT2D eigenvalue weighted by atomic mass is 10.1. The summed E-state index contributed by atoms with van der Waals surface area (Å²) in [5, 5.41) is 0. The van der Waals surface area contributed by atoms with Gasteiger partial charge in [0.2, 0.25) is 0 Å². The number of hydrogen-bond donors (Lipinski definition) is 0. The van der Waals surface area contributed by atoms with Crippen molar-refractivity contribution in [1.82, 2.24) is 0 Å². The molecule has 0 unspecified atom stereocenters. The highest BCUT2D eigenvalue weighted by molar-refractivity contribution is 4.87. The zero-order valence-corrected chi connectivity index (χ0v) is 10.8. The van der Waals surface area contributed by atoms with Crippen LogP contribution in [-0.4, -0.2) is 0 Å². The second-order valence-corrected chi connectivity index (χ2v) is 4.19. The summed E-state index contributed by atoms with van der Waals surface area (Å²) in [6, 6.07) is 0. The van der Waals surface area contributed by atoms with E-state index in [1.54, 1.807) is 6.08 Å². The third-order valence-corrected chi connectivity index (χ3v) is 2.55. The average molecular weight is 219 g/mol.